The molecular formula is C11H24N2O. The van der Waals surface area contributed by atoms with Crippen LogP contribution in [0.2, 0.25) is 0 Å². The van der Waals surface area contributed by atoms with E-state index in [0.717, 1.165) is 32.4 Å². The van der Waals surface area contributed by atoms with E-state index in [0.29, 0.717) is 6.54 Å². The third-order valence-electron chi connectivity index (χ3n) is 3.25. The first-order valence-electron chi connectivity index (χ1n) is 5.55. The third kappa shape index (κ3) is 2.94. The Morgan fingerprint density at radius 2 is 1.93 bits per heavy atom. The Hall–Kier alpha value is -0.120. The fraction of sp³-hybridized carbons (Fsp3) is 1.00. The normalized spacial score (nSPS) is 31.5. The highest BCUT2D eigenvalue weighted by molar-refractivity contribution is 4.87. The molecule has 3 nitrogen and oxygen atoms in total. The third-order valence-corrected chi connectivity index (χ3v) is 3.25. The summed E-state index contributed by atoms with van der Waals surface area (Å²) >= 11 is 0. The van der Waals surface area contributed by atoms with Gasteiger partial charge in [0.2, 0.25) is 0 Å². The summed E-state index contributed by atoms with van der Waals surface area (Å²) in [6.07, 6.45) is 2.70. The van der Waals surface area contributed by atoms with Crippen LogP contribution in [0.3, 0.4) is 0 Å². The van der Waals surface area contributed by atoms with Gasteiger partial charge in [-0.25, -0.2) is 0 Å². The lowest BCUT2D eigenvalue weighted by Crippen LogP contribution is -2.43. The second-order valence-corrected chi connectivity index (χ2v) is 5.44. The van der Waals surface area contributed by atoms with Crippen molar-refractivity contribution in [3.05, 3.63) is 0 Å². The van der Waals surface area contributed by atoms with Crippen LogP contribution in [0, 0.1) is 0 Å². The van der Waals surface area contributed by atoms with E-state index in [9.17, 15) is 5.11 Å². The van der Waals surface area contributed by atoms with Gasteiger partial charge in [0.15, 0.2) is 0 Å². The maximum Gasteiger partial charge on any atom is 0.0782 e. The van der Waals surface area contributed by atoms with Crippen molar-refractivity contribution in [3.8, 4) is 0 Å². The SMILES string of the molecule is CC(C)(C)N1CCCC(O)(CN)CC1. The number of nitrogens with zero attached hydrogens (tertiary/aromatic N) is 1. The van der Waals surface area contributed by atoms with Gasteiger partial charge >= 0.3 is 0 Å². The van der Waals surface area contributed by atoms with Crippen molar-refractivity contribution in [3.63, 3.8) is 0 Å². The van der Waals surface area contributed by atoms with Crippen LogP contribution < -0.4 is 5.73 Å². The molecular weight excluding hydrogens is 176 g/mol. The molecule has 3 heteroatoms. The minimum Gasteiger partial charge on any atom is -0.389 e. The molecule has 0 bridgehead atoms. The lowest BCUT2D eigenvalue weighted by molar-refractivity contribution is 0.0305. The monoisotopic (exact) mass is 200 g/mol. The predicted molar refractivity (Wildman–Crippen MR) is 59.2 cm³/mol. The van der Waals surface area contributed by atoms with Crippen molar-refractivity contribution in [1.29, 1.82) is 0 Å². The fourth-order valence-corrected chi connectivity index (χ4v) is 2.05. The molecule has 1 aliphatic heterocycles. The maximum atomic E-state index is 10.1. The molecule has 0 spiro atoms. The summed E-state index contributed by atoms with van der Waals surface area (Å²) in [6, 6.07) is 0. The first-order valence-corrected chi connectivity index (χ1v) is 5.55. The zero-order valence-corrected chi connectivity index (χ0v) is 9.71. The average molecular weight is 200 g/mol. The van der Waals surface area contributed by atoms with Crippen LogP contribution in [-0.2, 0) is 0 Å². The molecule has 1 heterocycles. The number of aliphatic hydroxyl groups is 1. The standard InChI is InChI=1S/C11H24N2O/c1-10(2,3)13-7-4-5-11(14,9-12)6-8-13/h14H,4-9,12H2,1-3H3. The molecule has 1 fully saturated rings. The molecule has 0 aliphatic carbocycles. The van der Waals surface area contributed by atoms with Crippen molar-refractivity contribution < 1.29 is 5.11 Å². The van der Waals surface area contributed by atoms with Crippen LogP contribution >= 0.6 is 0 Å². The topological polar surface area (TPSA) is 49.5 Å². The second kappa shape index (κ2) is 4.17. The van der Waals surface area contributed by atoms with Crippen molar-refractivity contribution in [2.45, 2.75) is 51.2 Å². The molecule has 84 valence electrons. The van der Waals surface area contributed by atoms with E-state index in [1.54, 1.807) is 0 Å². The molecule has 0 amide bonds. The van der Waals surface area contributed by atoms with E-state index in [2.05, 4.69) is 25.7 Å². The summed E-state index contributed by atoms with van der Waals surface area (Å²) in [6.45, 7) is 9.09. The quantitative estimate of drug-likeness (QED) is 0.663. The summed E-state index contributed by atoms with van der Waals surface area (Å²) in [4.78, 5) is 2.43. The fourth-order valence-electron chi connectivity index (χ4n) is 2.05. The highest BCUT2D eigenvalue weighted by Gasteiger charge is 2.31. The summed E-state index contributed by atoms with van der Waals surface area (Å²) in [5.74, 6) is 0. The summed E-state index contributed by atoms with van der Waals surface area (Å²) in [5.41, 5.74) is 5.19. The number of likely N-dealkylation sites (tertiary alicyclic amines) is 1. The van der Waals surface area contributed by atoms with Gasteiger partial charge in [-0.1, -0.05) is 0 Å². The summed E-state index contributed by atoms with van der Waals surface area (Å²) in [5, 5.41) is 10.1. The van der Waals surface area contributed by atoms with Gasteiger partial charge in [0.05, 0.1) is 5.60 Å². The van der Waals surface area contributed by atoms with Crippen LogP contribution in [0.5, 0.6) is 0 Å². The van der Waals surface area contributed by atoms with Gasteiger partial charge in [-0.2, -0.15) is 0 Å². The molecule has 0 saturated carbocycles. The zero-order chi connectivity index (χ0) is 10.8. The predicted octanol–water partition coefficient (Wildman–Crippen LogP) is 0.961. The van der Waals surface area contributed by atoms with Gasteiger partial charge in [-0.3, -0.25) is 4.90 Å². The smallest absolute Gasteiger partial charge is 0.0782 e. The van der Waals surface area contributed by atoms with E-state index < -0.39 is 5.60 Å². The van der Waals surface area contributed by atoms with Gasteiger partial charge < -0.3 is 10.8 Å². The van der Waals surface area contributed by atoms with E-state index >= 15 is 0 Å². The van der Waals surface area contributed by atoms with Crippen LogP contribution in [0.1, 0.15) is 40.0 Å². The molecule has 1 atom stereocenters. The molecule has 1 unspecified atom stereocenters. The Kier molecular flexibility index (Phi) is 3.56. The van der Waals surface area contributed by atoms with Crippen LogP contribution in [0.25, 0.3) is 0 Å². The molecule has 0 radical (unpaired) electrons. The summed E-state index contributed by atoms with van der Waals surface area (Å²) in [7, 11) is 0. The number of hydrogen-bond donors (Lipinski definition) is 2. The van der Waals surface area contributed by atoms with Crippen molar-refractivity contribution in [2.24, 2.45) is 5.73 Å². The largest absolute Gasteiger partial charge is 0.389 e. The Bertz CT molecular complexity index is 188. The Morgan fingerprint density at radius 1 is 1.29 bits per heavy atom. The molecule has 3 N–H and O–H groups in total. The first-order chi connectivity index (χ1) is 6.37. The van der Waals surface area contributed by atoms with Gasteiger partial charge in [0, 0.05) is 18.6 Å². The van der Waals surface area contributed by atoms with E-state index in [-0.39, 0.29) is 5.54 Å². The van der Waals surface area contributed by atoms with Crippen molar-refractivity contribution >= 4 is 0 Å². The molecule has 0 aromatic rings. The average Bonchev–Trinajstić information content (AvgIpc) is 2.27. The minimum atomic E-state index is -0.611. The second-order valence-electron chi connectivity index (χ2n) is 5.44. The number of nitrogens with two attached hydrogens (primary N) is 1. The Labute approximate surface area is 87.3 Å². The van der Waals surface area contributed by atoms with Crippen LogP contribution in [0.15, 0.2) is 0 Å². The Balaban J connectivity index is 2.57. The first kappa shape index (κ1) is 12.0. The van der Waals surface area contributed by atoms with Crippen molar-refractivity contribution in [1.82, 2.24) is 4.90 Å². The van der Waals surface area contributed by atoms with E-state index in [1.165, 1.54) is 0 Å². The zero-order valence-electron chi connectivity index (χ0n) is 9.71. The minimum absolute atomic E-state index is 0.208. The number of hydrogen-bond acceptors (Lipinski definition) is 3. The van der Waals surface area contributed by atoms with E-state index in [4.69, 9.17) is 5.73 Å². The molecule has 14 heavy (non-hydrogen) atoms. The molecule has 0 aromatic heterocycles. The Morgan fingerprint density at radius 3 is 2.43 bits per heavy atom. The summed E-state index contributed by atoms with van der Waals surface area (Å²) < 4.78 is 0. The van der Waals surface area contributed by atoms with Crippen LogP contribution in [-0.4, -0.2) is 40.8 Å². The molecule has 1 rings (SSSR count). The lowest BCUT2D eigenvalue weighted by Gasteiger charge is -2.35. The highest BCUT2D eigenvalue weighted by Crippen LogP contribution is 2.25. The van der Waals surface area contributed by atoms with Gasteiger partial charge in [-0.05, 0) is 46.6 Å². The highest BCUT2D eigenvalue weighted by atomic mass is 16.3. The number of rotatable bonds is 1. The van der Waals surface area contributed by atoms with E-state index in [1.807, 2.05) is 0 Å². The molecule has 0 aromatic carbocycles. The lowest BCUT2D eigenvalue weighted by atomic mass is 9.95. The van der Waals surface area contributed by atoms with Gasteiger partial charge in [-0.15, -0.1) is 0 Å². The molecule has 1 saturated heterocycles. The van der Waals surface area contributed by atoms with Crippen molar-refractivity contribution in [2.75, 3.05) is 19.6 Å². The van der Waals surface area contributed by atoms with Gasteiger partial charge in [0.25, 0.3) is 0 Å². The van der Waals surface area contributed by atoms with Gasteiger partial charge in [0.1, 0.15) is 0 Å². The molecule has 1 aliphatic rings. The van der Waals surface area contributed by atoms with Crippen LogP contribution in [0.4, 0.5) is 0 Å². The maximum absolute atomic E-state index is 10.1.